The molecule has 0 aliphatic carbocycles. The van der Waals surface area contributed by atoms with Gasteiger partial charge >= 0.3 is 0 Å². The molecule has 0 aliphatic rings. The lowest BCUT2D eigenvalue weighted by Crippen LogP contribution is -2.41. The summed E-state index contributed by atoms with van der Waals surface area (Å²) in [4.78, 5) is 12.9. The Morgan fingerprint density at radius 2 is 1.62 bits per heavy atom. The van der Waals surface area contributed by atoms with E-state index in [2.05, 4.69) is 5.32 Å². The second-order valence-electron chi connectivity index (χ2n) is 7.09. The van der Waals surface area contributed by atoms with Gasteiger partial charge in [0.15, 0.2) is 0 Å². The standard InChI is InChI=1S/C24H25ClN2O4S/c1-3-31-22-13-9-19(10-14-22)18(2)26-24(28)17-27(21-7-5-4-6-8-21)32(29,30)23-15-11-20(25)12-16-23/h4-16,18H,3,17H2,1-2H3,(H,26,28)/t18-/m1/s1. The first kappa shape index (κ1) is 23.6. The normalized spacial score (nSPS) is 12.1. The highest BCUT2D eigenvalue weighted by Gasteiger charge is 2.27. The first-order valence-corrected chi connectivity index (χ1v) is 12.0. The number of halogens is 1. The topological polar surface area (TPSA) is 75.7 Å². The third-order valence-corrected chi connectivity index (χ3v) is 6.84. The lowest BCUT2D eigenvalue weighted by molar-refractivity contribution is -0.120. The van der Waals surface area contributed by atoms with E-state index in [-0.39, 0.29) is 17.5 Å². The molecule has 0 aliphatic heterocycles. The molecule has 1 atom stereocenters. The van der Waals surface area contributed by atoms with Gasteiger partial charge in [0.2, 0.25) is 5.91 Å². The van der Waals surface area contributed by atoms with Crippen LogP contribution in [-0.4, -0.2) is 27.5 Å². The molecule has 3 aromatic rings. The molecular weight excluding hydrogens is 448 g/mol. The highest BCUT2D eigenvalue weighted by atomic mass is 35.5. The van der Waals surface area contributed by atoms with Crippen LogP contribution in [0.15, 0.2) is 83.8 Å². The van der Waals surface area contributed by atoms with Crippen LogP contribution in [0, 0.1) is 0 Å². The summed E-state index contributed by atoms with van der Waals surface area (Å²) in [6, 6.07) is 21.5. The van der Waals surface area contributed by atoms with Crippen LogP contribution in [0.25, 0.3) is 0 Å². The van der Waals surface area contributed by atoms with Crippen molar-refractivity contribution in [1.82, 2.24) is 5.32 Å². The van der Waals surface area contributed by atoms with Crippen LogP contribution >= 0.6 is 11.6 Å². The minimum absolute atomic E-state index is 0.0538. The van der Waals surface area contributed by atoms with Gasteiger partial charge in [-0.1, -0.05) is 41.9 Å². The van der Waals surface area contributed by atoms with Crippen molar-refractivity contribution in [3.8, 4) is 5.75 Å². The molecule has 8 heteroatoms. The van der Waals surface area contributed by atoms with Gasteiger partial charge < -0.3 is 10.1 Å². The number of amides is 1. The zero-order chi connectivity index (χ0) is 23.1. The maximum absolute atomic E-state index is 13.3. The monoisotopic (exact) mass is 472 g/mol. The second kappa shape index (κ2) is 10.5. The van der Waals surface area contributed by atoms with Crippen LogP contribution in [-0.2, 0) is 14.8 Å². The van der Waals surface area contributed by atoms with Crippen molar-refractivity contribution in [3.63, 3.8) is 0 Å². The molecule has 0 heterocycles. The molecule has 0 bridgehead atoms. The van der Waals surface area contributed by atoms with Gasteiger partial charge in [0.25, 0.3) is 10.0 Å². The van der Waals surface area contributed by atoms with Crippen molar-refractivity contribution in [2.45, 2.75) is 24.8 Å². The molecule has 0 aromatic heterocycles. The van der Waals surface area contributed by atoms with Crippen LogP contribution in [0.3, 0.4) is 0 Å². The molecule has 0 saturated carbocycles. The van der Waals surface area contributed by atoms with Gasteiger partial charge in [-0.3, -0.25) is 9.10 Å². The average molecular weight is 473 g/mol. The number of anilines is 1. The van der Waals surface area contributed by atoms with Gasteiger partial charge in [-0.25, -0.2) is 8.42 Å². The summed E-state index contributed by atoms with van der Waals surface area (Å²) in [5.74, 6) is 0.326. The molecular formula is C24H25ClN2O4S. The van der Waals surface area contributed by atoms with Gasteiger partial charge in [-0.15, -0.1) is 0 Å². The molecule has 3 rings (SSSR count). The molecule has 0 radical (unpaired) electrons. The number of ether oxygens (including phenoxy) is 1. The summed E-state index contributed by atoms with van der Waals surface area (Å²) in [7, 11) is -3.98. The smallest absolute Gasteiger partial charge is 0.264 e. The number of carbonyl (C=O) groups excluding carboxylic acids is 1. The Labute approximate surface area is 193 Å². The van der Waals surface area contributed by atoms with Crippen LogP contribution in [0.2, 0.25) is 5.02 Å². The minimum atomic E-state index is -3.98. The van der Waals surface area contributed by atoms with Crippen LogP contribution in [0.5, 0.6) is 5.75 Å². The third-order valence-electron chi connectivity index (χ3n) is 4.80. The number of benzene rings is 3. The van der Waals surface area contributed by atoms with Crippen molar-refractivity contribution < 1.29 is 17.9 Å². The summed E-state index contributed by atoms with van der Waals surface area (Å²) in [6.07, 6.45) is 0. The summed E-state index contributed by atoms with van der Waals surface area (Å²) < 4.78 is 33.2. The molecule has 1 amide bonds. The molecule has 32 heavy (non-hydrogen) atoms. The predicted molar refractivity (Wildman–Crippen MR) is 127 cm³/mol. The van der Waals surface area contributed by atoms with E-state index in [1.807, 2.05) is 38.1 Å². The van der Waals surface area contributed by atoms with Gasteiger partial charge in [0, 0.05) is 5.02 Å². The van der Waals surface area contributed by atoms with Gasteiger partial charge in [0.05, 0.1) is 23.2 Å². The number of rotatable bonds is 9. The van der Waals surface area contributed by atoms with Crippen molar-refractivity contribution in [1.29, 1.82) is 0 Å². The Bertz CT molecular complexity index is 1130. The van der Waals surface area contributed by atoms with Crippen LogP contribution in [0.1, 0.15) is 25.5 Å². The number of nitrogens with zero attached hydrogens (tertiary/aromatic N) is 1. The molecule has 0 spiro atoms. The highest BCUT2D eigenvalue weighted by Crippen LogP contribution is 2.25. The number of sulfonamides is 1. The van der Waals surface area contributed by atoms with Gasteiger partial charge in [0.1, 0.15) is 12.3 Å². The van der Waals surface area contributed by atoms with E-state index in [4.69, 9.17) is 16.3 Å². The zero-order valence-electron chi connectivity index (χ0n) is 17.9. The largest absolute Gasteiger partial charge is 0.494 e. The minimum Gasteiger partial charge on any atom is -0.494 e. The van der Waals surface area contributed by atoms with Crippen LogP contribution in [0.4, 0.5) is 5.69 Å². The van der Waals surface area contributed by atoms with Crippen molar-refractivity contribution in [3.05, 3.63) is 89.4 Å². The third kappa shape index (κ3) is 5.81. The average Bonchev–Trinajstić information content (AvgIpc) is 2.79. The maximum atomic E-state index is 13.3. The summed E-state index contributed by atoms with van der Waals surface area (Å²) in [6.45, 7) is 3.96. The predicted octanol–water partition coefficient (Wildman–Crippen LogP) is 4.81. The Kier molecular flexibility index (Phi) is 7.77. The van der Waals surface area contributed by atoms with E-state index in [1.165, 1.54) is 24.3 Å². The highest BCUT2D eigenvalue weighted by molar-refractivity contribution is 7.92. The van der Waals surface area contributed by atoms with Gasteiger partial charge in [-0.2, -0.15) is 0 Å². The fourth-order valence-corrected chi connectivity index (χ4v) is 4.71. The van der Waals surface area contributed by atoms with E-state index in [1.54, 1.807) is 30.3 Å². The second-order valence-corrected chi connectivity index (χ2v) is 9.39. The first-order valence-electron chi connectivity index (χ1n) is 10.2. The summed E-state index contributed by atoms with van der Waals surface area (Å²) >= 11 is 5.91. The molecule has 168 valence electrons. The van der Waals surface area contributed by atoms with Gasteiger partial charge in [-0.05, 0) is 67.9 Å². The fourth-order valence-electron chi connectivity index (χ4n) is 3.16. The van der Waals surface area contributed by atoms with E-state index in [0.717, 1.165) is 15.6 Å². The molecule has 0 unspecified atom stereocenters. The first-order chi connectivity index (χ1) is 15.3. The molecule has 0 saturated heterocycles. The van der Waals surface area contributed by atoms with E-state index < -0.39 is 15.9 Å². The van der Waals surface area contributed by atoms with Crippen molar-refractivity contribution >= 4 is 33.2 Å². The van der Waals surface area contributed by atoms with E-state index >= 15 is 0 Å². The Balaban J connectivity index is 1.80. The van der Waals surface area contributed by atoms with Crippen molar-refractivity contribution in [2.24, 2.45) is 0 Å². The van der Waals surface area contributed by atoms with Crippen LogP contribution < -0.4 is 14.4 Å². The van der Waals surface area contributed by atoms with Crippen molar-refractivity contribution in [2.75, 3.05) is 17.5 Å². The molecule has 6 nitrogen and oxygen atoms in total. The summed E-state index contributed by atoms with van der Waals surface area (Å²) in [5, 5.41) is 3.30. The Morgan fingerprint density at radius 3 is 2.22 bits per heavy atom. The lowest BCUT2D eigenvalue weighted by Gasteiger charge is -2.25. The van der Waals surface area contributed by atoms with E-state index in [0.29, 0.717) is 17.3 Å². The van der Waals surface area contributed by atoms with E-state index in [9.17, 15) is 13.2 Å². The molecule has 0 fully saturated rings. The molecule has 1 N–H and O–H groups in total. The Hall–Kier alpha value is -3.03. The lowest BCUT2D eigenvalue weighted by atomic mass is 10.1. The zero-order valence-corrected chi connectivity index (χ0v) is 19.4. The molecule has 3 aromatic carbocycles. The SMILES string of the molecule is CCOc1ccc([C@@H](C)NC(=O)CN(c2ccccc2)S(=O)(=O)c2ccc(Cl)cc2)cc1. The number of carbonyl (C=O) groups is 1. The number of para-hydroxylation sites is 1. The maximum Gasteiger partial charge on any atom is 0.264 e. The Morgan fingerprint density at radius 1 is 1.00 bits per heavy atom. The summed E-state index contributed by atoms with van der Waals surface area (Å²) in [5.41, 5.74) is 1.28. The number of hydrogen-bond donors (Lipinski definition) is 1. The number of nitrogens with one attached hydrogen (secondary N) is 1. The quantitative estimate of drug-likeness (QED) is 0.484. The number of hydrogen-bond acceptors (Lipinski definition) is 4. The fraction of sp³-hybridized carbons (Fsp3) is 0.208.